The SMILES string of the molecule is Cc1cccc(C)c1N1CC(C)NC(CN(C)C)C1. The number of likely N-dealkylation sites (N-methyl/N-ethyl adjacent to an activating group) is 1. The van der Waals surface area contributed by atoms with Crippen molar-refractivity contribution >= 4 is 5.69 Å². The van der Waals surface area contributed by atoms with Crippen LogP contribution in [0.15, 0.2) is 18.2 Å². The van der Waals surface area contributed by atoms with Crippen LogP contribution in [0.4, 0.5) is 5.69 Å². The van der Waals surface area contributed by atoms with Crippen LogP contribution in [0.5, 0.6) is 0 Å². The van der Waals surface area contributed by atoms with E-state index in [-0.39, 0.29) is 0 Å². The van der Waals surface area contributed by atoms with E-state index in [1.165, 1.54) is 16.8 Å². The number of hydrogen-bond donors (Lipinski definition) is 1. The lowest BCUT2D eigenvalue weighted by atomic mass is 10.0. The van der Waals surface area contributed by atoms with E-state index in [1.807, 2.05) is 0 Å². The van der Waals surface area contributed by atoms with Gasteiger partial charge in [0.15, 0.2) is 0 Å². The number of hydrogen-bond acceptors (Lipinski definition) is 3. The molecule has 1 heterocycles. The molecule has 0 amide bonds. The van der Waals surface area contributed by atoms with Gasteiger partial charge in [0.2, 0.25) is 0 Å². The Kier molecular flexibility index (Phi) is 4.48. The quantitative estimate of drug-likeness (QED) is 0.898. The minimum absolute atomic E-state index is 0.540. The molecule has 1 fully saturated rings. The zero-order valence-corrected chi connectivity index (χ0v) is 12.9. The minimum Gasteiger partial charge on any atom is -0.368 e. The molecule has 3 nitrogen and oxygen atoms in total. The highest BCUT2D eigenvalue weighted by atomic mass is 15.2. The van der Waals surface area contributed by atoms with Crippen LogP contribution in [-0.4, -0.2) is 50.7 Å². The molecule has 0 aromatic heterocycles. The molecule has 1 aliphatic heterocycles. The molecule has 1 saturated heterocycles. The second-order valence-electron chi connectivity index (χ2n) is 6.17. The van der Waals surface area contributed by atoms with Crippen molar-refractivity contribution in [3.63, 3.8) is 0 Å². The van der Waals surface area contributed by atoms with Crippen molar-refractivity contribution in [3.05, 3.63) is 29.3 Å². The number of nitrogens with zero attached hydrogens (tertiary/aromatic N) is 2. The van der Waals surface area contributed by atoms with Gasteiger partial charge in [0.1, 0.15) is 0 Å². The van der Waals surface area contributed by atoms with Gasteiger partial charge < -0.3 is 15.1 Å². The van der Waals surface area contributed by atoms with Crippen molar-refractivity contribution in [2.75, 3.05) is 38.6 Å². The maximum absolute atomic E-state index is 3.70. The average molecular weight is 261 g/mol. The molecule has 3 heteroatoms. The Hall–Kier alpha value is -1.06. The Morgan fingerprint density at radius 2 is 1.84 bits per heavy atom. The van der Waals surface area contributed by atoms with Gasteiger partial charge >= 0.3 is 0 Å². The number of rotatable bonds is 3. The molecule has 0 bridgehead atoms. The Morgan fingerprint density at radius 3 is 2.42 bits per heavy atom. The van der Waals surface area contributed by atoms with Gasteiger partial charge in [0.25, 0.3) is 0 Å². The number of piperazine rings is 1. The van der Waals surface area contributed by atoms with Crippen LogP contribution in [-0.2, 0) is 0 Å². The molecule has 1 aromatic rings. The second-order valence-corrected chi connectivity index (χ2v) is 6.17. The standard InChI is InChI=1S/C16H27N3/c1-12-7-6-8-13(2)16(12)19-9-14(3)17-15(11-19)10-18(4)5/h6-8,14-15,17H,9-11H2,1-5H3. The second kappa shape index (κ2) is 5.93. The van der Waals surface area contributed by atoms with Gasteiger partial charge in [-0.3, -0.25) is 0 Å². The zero-order valence-electron chi connectivity index (χ0n) is 12.9. The molecule has 1 aromatic carbocycles. The first kappa shape index (κ1) is 14.4. The highest BCUT2D eigenvalue weighted by Gasteiger charge is 2.25. The van der Waals surface area contributed by atoms with E-state index in [1.54, 1.807) is 0 Å². The van der Waals surface area contributed by atoms with Gasteiger partial charge in [-0.15, -0.1) is 0 Å². The van der Waals surface area contributed by atoms with Gasteiger partial charge in [0, 0.05) is 37.4 Å². The summed E-state index contributed by atoms with van der Waals surface area (Å²) in [5, 5.41) is 3.70. The summed E-state index contributed by atoms with van der Waals surface area (Å²) < 4.78 is 0. The molecular weight excluding hydrogens is 234 g/mol. The number of para-hydroxylation sites is 1. The summed E-state index contributed by atoms with van der Waals surface area (Å²) in [4.78, 5) is 4.82. The summed E-state index contributed by atoms with van der Waals surface area (Å²) in [6.07, 6.45) is 0. The fraction of sp³-hybridized carbons (Fsp3) is 0.625. The Labute approximate surface area is 117 Å². The van der Waals surface area contributed by atoms with Crippen LogP contribution in [0.1, 0.15) is 18.1 Å². The van der Waals surface area contributed by atoms with Crippen LogP contribution >= 0.6 is 0 Å². The van der Waals surface area contributed by atoms with Gasteiger partial charge in [0.05, 0.1) is 0 Å². The maximum atomic E-state index is 3.70. The van der Waals surface area contributed by atoms with Crippen molar-refractivity contribution in [1.29, 1.82) is 0 Å². The van der Waals surface area contributed by atoms with Crippen molar-refractivity contribution in [1.82, 2.24) is 10.2 Å². The van der Waals surface area contributed by atoms with Crippen molar-refractivity contribution in [2.24, 2.45) is 0 Å². The maximum Gasteiger partial charge on any atom is 0.0426 e. The van der Waals surface area contributed by atoms with E-state index >= 15 is 0 Å². The molecule has 106 valence electrons. The molecule has 2 unspecified atom stereocenters. The lowest BCUT2D eigenvalue weighted by Gasteiger charge is -2.41. The third-order valence-electron chi connectivity index (χ3n) is 3.80. The van der Waals surface area contributed by atoms with E-state index in [0.717, 1.165) is 19.6 Å². The third kappa shape index (κ3) is 3.48. The highest BCUT2D eigenvalue weighted by molar-refractivity contribution is 5.59. The first-order valence-electron chi connectivity index (χ1n) is 7.19. The van der Waals surface area contributed by atoms with Gasteiger partial charge in [-0.05, 0) is 46.0 Å². The Bertz CT molecular complexity index is 406. The van der Waals surface area contributed by atoms with E-state index in [9.17, 15) is 0 Å². The Balaban J connectivity index is 2.19. The first-order valence-corrected chi connectivity index (χ1v) is 7.19. The number of benzene rings is 1. The van der Waals surface area contributed by atoms with E-state index in [2.05, 4.69) is 68.2 Å². The molecule has 0 spiro atoms. The lowest BCUT2D eigenvalue weighted by Crippen LogP contribution is -2.58. The third-order valence-corrected chi connectivity index (χ3v) is 3.80. The Morgan fingerprint density at radius 1 is 1.21 bits per heavy atom. The molecular formula is C16H27N3. The molecule has 2 atom stereocenters. The molecule has 1 N–H and O–H groups in total. The van der Waals surface area contributed by atoms with Crippen molar-refractivity contribution in [3.8, 4) is 0 Å². The van der Waals surface area contributed by atoms with Crippen molar-refractivity contribution < 1.29 is 0 Å². The fourth-order valence-corrected chi connectivity index (χ4v) is 3.22. The van der Waals surface area contributed by atoms with Gasteiger partial charge in [-0.25, -0.2) is 0 Å². The van der Waals surface area contributed by atoms with E-state index in [4.69, 9.17) is 0 Å². The summed E-state index contributed by atoms with van der Waals surface area (Å²) in [6, 6.07) is 7.67. The van der Waals surface area contributed by atoms with Gasteiger partial charge in [-0.2, -0.15) is 0 Å². The molecule has 1 aliphatic rings. The summed E-state index contributed by atoms with van der Waals surface area (Å²) in [7, 11) is 4.29. The summed E-state index contributed by atoms with van der Waals surface area (Å²) in [5.41, 5.74) is 4.20. The summed E-state index contributed by atoms with van der Waals surface area (Å²) >= 11 is 0. The number of nitrogens with one attached hydrogen (secondary N) is 1. The van der Waals surface area contributed by atoms with Gasteiger partial charge in [-0.1, -0.05) is 18.2 Å². The molecule has 19 heavy (non-hydrogen) atoms. The van der Waals surface area contributed by atoms with Crippen LogP contribution in [0.2, 0.25) is 0 Å². The van der Waals surface area contributed by atoms with Crippen LogP contribution in [0, 0.1) is 13.8 Å². The molecule has 2 rings (SSSR count). The largest absolute Gasteiger partial charge is 0.368 e. The topological polar surface area (TPSA) is 18.5 Å². The smallest absolute Gasteiger partial charge is 0.0426 e. The highest BCUT2D eigenvalue weighted by Crippen LogP contribution is 2.26. The summed E-state index contributed by atoms with van der Waals surface area (Å²) in [5.74, 6) is 0. The average Bonchev–Trinajstić information content (AvgIpc) is 2.26. The predicted octanol–water partition coefficient (Wildman–Crippen LogP) is 2.03. The minimum atomic E-state index is 0.540. The predicted molar refractivity (Wildman–Crippen MR) is 83.1 cm³/mol. The van der Waals surface area contributed by atoms with Crippen LogP contribution in [0.3, 0.4) is 0 Å². The number of anilines is 1. The summed E-state index contributed by atoms with van der Waals surface area (Å²) in [6.45, 7) is 9.99. The lowest BCUT2D eigenvalue weighted by molar-refractivity contribution is 0.297. The van der Waals surface area contributed by atoms with E-state index in [0.29, 0.717) is 12.1 Å². The van der Waals surface area contributed by atoms with Crippen LogP contribution in [0.25, 0.3) is 0 Å². The number of aryl methyl sites for hydroxylation is 2. The fourth-order valence-electron chi connectivity index (χ4n) is 3.22. The van der Waals surface area contributed by atoms with Crippen molar-refractivity contribution in [2.45, 2.75) is 32.9 Å². The van der Waals surface area contributed by atoms with Crippen LogP contribution < -0.4 is 10.2 Å². The van der Waals surface area contributed by atoms with E-state index < -0.39 is 0 Å². The molecule has 0 aliphatic carbocycles. The first-order chi connectivity index (χ1) is 8.97. The zero-order chi connectivity index (χ0) is 14.0. The normalized spacial score (nSPS) is 24.0. The molecule has 0 saturated carbocycles. The molecule has 0 radical (unpaired) electrons. The monoisotopic (exact) mass is 261 g/mol.